The molecule has 3 heterocycles. The van der Waals surface area contributed by atoms with Crippen molar-refractivity contribution in [3.8, 4) is 11.3 Å². The molecule has 3 aromatic rings. The molecule has 1 atom stereocenters. The molecule has 1 amide bonds. The summed E-state index contributed by atoms with van der Waals surface area (Å²) in [5.41, 5.74) is 3.55. The first-order valence-electron chi connectivity index (χ1n) is 10.2. The fourth-order valence-electron chi connectivity index (χ4n) is 3.79. The number of amides is 1. The average molecular weight is 389 g/mol. The summed E-state index contributed by atoms with van der Waals surface area (Å²) in [5, 5.41) is 1.10. The van der Waals surface area contributed by atoms with Crippen LogP contribution in [0.5, 0.6) is 0 Å². The van der Waals surface area contributed by atoms with Gasteiger partial charge in [0.2, 0.25) is 0 Å². The second-order valence-corrected chi connectivity index (χ2v) is 8.62. The molecule has 1 unspecified atom stereocenters. The Hall–Kier alpha value is -2.95. The Bertz CT molecular complexity index is 1030. The van der Waals surface area contributed by atoms with E-state index in [-0.39, 0.29) is 12.0 Å². The number of carbonyl (C=O) groups is 1. The molecule has 4 rings (SSSR count). The molecule has 1 aliphatic rings. The van der Waals surface area contributed by atoms with Crippen molar-refractivity contribution in [3.63, 3.8) is 0 Å². The number of nitrogens with zero attached hydrogens (tertiary/aromatic N) is 3. The van der Waals surface area contributed by atoms with E-state index in [2.05, 4.69) is 35.3 Å². The summed E-state index contributed by atoms with van der Waals surface area (Å²) >= 11 is 0. The lowest BCUT2D eigenvalue weighted by molar-refractivity contribution is 0.0197. The predicted octanol–water partition coefficient (Wildman–Crippen LogP) is 5.41. The van der Waals surface area contributed by atoms with Crippen LogP contribution < -0.4 is 0 Å². The predicted molar refractivity (Wildman–Crippen MR) is 115 cm³/mol. The second kappa shape index (κ2) is 7.82. The number of likely N-dealkylation sites (tertiary alicyclic amines) is 1. The monoisotopic (exact) mass is 389 g/mol. The van der Waals surface area contributed by atoms with E-state index in [1.165, 1.54) is 0 Å². The van der Waals surface area contributed by atoms with E-state index in [1.54, 1.807) is 6.20 Å². The molecule has 0 aliphatic carbocycles. The summed E-state index contributed by atoms with van der Waals surface area (Å²) in [6.45, 7) is 7.08. The standard InChI is InChI=1S/C24H27N3O2/c1-24(2,3)29-23(28)27-14-6-8-19(16-27)22-10-4-9-21(26-22)18-11-12-20-17(15-18)7-5-13-25-20/h4-5,7,9-13,15,19H,6,8,14,16H2,1-3H3. The van der Waals surface area contributed by atoms with Gasteiger partial charge in [0, 0.05) is 41.8 Å². The number of ether oxygens (including phenoxy) is 1. The van der Waals surface area contributed by atoms with Crippen LogP contribution in [0, 0.1) is 0 Å². The van der Waals surface area contributed by atoms with Crippen LogP contribution in [0.25, 0.3) is 22.2 Å². The minimum absolute atomic E-state index is 0.221. The fourth-order valence-corrected chi connectivity index (χ4v) is 3.79. The maximum Gasteiger partial charge on any atom is 0.410 e. The number of fused-ring (bicyclic) bond motifs is 1. The zero-order valence-corrected chi connectivity index (χ0v) is 17.3. The van der Waals surface area contributed by atoms with Crippen molar-refractivity contribution in [1.29, 1.82) is 0 Å². The number of pyridine rings is 2. The highest BCUT2D eigenvalue weighted by Gasteiger charge is 2.29. The normalized spacial score (nSPS) is 17.3. The van der Waals surface area contributed by atoms with Gasteiger partial charge in [-0.05, 0) is 63.9 Å². The van der Waals surface area contributed by atoms with E-state index in [9.17, 15) is 4.79 Å². The SMILES string of the molecule is CC(C)(C)OC(=O)N1CCCC(c2cccc(-c3ccc4ncccc4c3)n2)C1. The molecule has 2 aromatic heterocycles. The molecule has 0 spiro atoms. The third-order valence-corrected chi connectivity index (χ3v) is 5.16. The van der Waals surface area contributed by atoms with Crippen molar-refractivity contribution in [2.75, 3.05) is 13.1 Å². The highest BCUT2D eigenvalue weighted by molar-refractivity contribution is 5.83. The number of carbonyl (C=O) groups excluding carboxylic acids is 1. The van der Waals surface area contributed by atoms with E-state index >= 15 is 0 Å². The minimum atomic E-state index is -0.479. The Labute approximate surface area is 171 Å². The smallest absolute Gasteiger partial charge is 0.410 e. The molecule has 5 nitrogen and oxygen atoms in total. The van der Waals surface area contributed by atoms with Crippen molar-refractivity contribution in [1.82, 2.24) is 14.9 Å². The van der Waals surface area contributed by atoms with Crippen molar-refractivity contribution in [2.24, 2.45) is 0 Å². The van der Waals surface area contributed by atoms with Gasteiger partial charge in [-0.2, -0.15) is 0 Å². The zero-order valence-electron chi connectivity index (χ0n) is 17.3. The Morgan fingerprint density at radius 1 is 1.14 bits per heavy atom. The van der Waals surface area contributed by atoms with Crippen LogP contribution in [0.3, 0.4) is 0 Å². The molecule has 1 aromatic carbocycles. The van der Waals surface area contributed by atoms with Gasteiger partial charge in [0.15, 0.2) is 0 Å². The van der Waals surface area contributed by atoms with Gasteiger partial charge >= 0.3 is 6.09 Å². The quantitative estimate of drug-likeness (QED) is 0.588. The summed E-state index contributed by atoms with van der Waals surface area (Å²) in [5.74, 6) is 0.221. The van der Waals surface area contributed by atoms with E-state index in [4.69, 9.17) is 9.72 Å². The lowest BCUT2D eigenvalue weighted by Crippen LogP contribution is -2.42. The topological polar surface area (TPSA) is 55.3 Å². The first kappa shape index (κ1) is 19.4. The summed E-state index contributed by atoms with van der Waals surface area (Å²) in [7, 11) is 0. The molecule has 0 saturated carbocycles. The summed E-state index contributed by atoms with van der Waals surface area (Å²) in [6, 6.07) is 16.4. The van der Waals surface area contributed by atoms with Gasteiger partial charge in [-0.15, -0.1) is 0 Å². The van der Waals surface area contributed by atoms with Crippen LogP contribution >= 0.6 is 0 Å². The number of benzene rings is 1. The number of hydrogen-bond donors (Lipinski definition) is 0. The number of piperidine rings is 1. The number of aromatic nitrogens is 2. The Morgan fingerprint density at radius 2 is 2.00 bits per heavy atom. The van der Waals surface area contributed by atoms with Gasteiger partial charge in [0.1, 0.15) is 5.60 Å². The van der Waals surface area contributed by atoms with Crippen LogP contribution in [0.4, 0.5) is 4.79 Å². The molecule has 0 N–H and O–H groups in total. The molecule has 29 heavy (non-hydrogen) atoms. The molecule has 150 valence electrons. The Balaban J connectivity index is 1.55. The molecule has 1 fully saturated rings. The fraction of sp³-hybridized carbons (Fsp3) is 0.375. The number of rotatable bonds is 2. The van der Waals surface area contributed by atoms with Crippen molar-refractivity contribution in [3.05, 3.63) is 60.4 Å². The van der Waals surface area contributed by atoms with E-state index in [0.717, 1.165) is 47.2 Å². The molecular weight excluding hydrogens is 362 g/mol. The first-order valence-corrected chi connectivity index (χ1v) is 10.2. The second-order valence-electron chi connectivity index (χ2n) is 8.62. The molecule has 1 saturated heterocycles. The average Bonchev–Trinajstić information content (AvgIpc) is 2.72. The van der Waals surface area contributed by atoms with E-state index in [0.29, 0.717) is 6.54 Å². The van der Waals surface area contributed by atoms with Crippen LogP contribution in [-0.2, 0) is 4.74 Å². The molecule has 0 radical (unpaired) electrons. The maximum absolute atomic E-state index is 12.5. The van der Waals surface area contributed by atoms with Crippen molar-refractivity contribution in [2.45, 2.75) is 45.1 Å². The highest BCUT2D eigenvalue weighted by atomic mass is 16.6. The van der Waals surface area contributed by atoms with Crippen LogP contribution in [-0.4, -0.2) is 39.7 Å². The third-order valence-electron chi connectivity index (χ3n) is 5.16. The van der Waals surface area contributed by atoms with Gasteiger partial charge in [0.25, 0.3) is 0 Å². The summed E-state index contributed by atoms with van der Waals surface area (Å²) < 4.78 is 5.56. The maximum atomic E-state index is 12.5. The lowest BCUT2D eigenvalue weighted by Gasteiger charge is -2.34. The highest BCUT2D eigenvalue weighted by Crippen LogP contribution is 2.29. The van der Waals surface area contributed by atoms with Crippen molar-refractivity contribution >= 4 is 17.0 Å². The molecule has 5 heteroatoms. The van der Waals surface area contributed by atoms with Gasteiger partial charge < -0.3 is 9.64 Å². The summed E-state index contributed by atoms with van der Waals surface area (Å²) in [6.07, 6.45) is 3.55. The zero-order chi connectivity index (χ0) is 20.4. The minimum Gasteiger partial charge on any atom is -0.444 e. The Morgan fingerprint density at radius 3 is 2.83 bits per heavy atom. The number of hydrogen-bond acceptors (Lipinski definition) is 4. The van der Waals surface area contributed by atoms with Crippen molar-refractivity contribution < 1.29 is 9.53 Å². The Kier molecular flexibility index (Phi) is 5.22. The molecule has 1 aliphatic heterocycles. The molecule has 0 bridgehead atoms. The first-order chi connectivity index (χ1) is 13.9. The van der Waals surface area contributed by atoms with Gasteiger partial charge in [-0.1, -0.05) is 18.2 Å². The van der Waals surface area contributed by atoms with E-state index < -0.39 is 5.60 Å². The van der Waals surface area contributed by atoms with Crippen LogP contribution in [0.2, 0.25) is 0 Å². The van der Waals surface area contributed by atoms with E-state index in [1.807, 2.05) is 43.9 Å². The summed E-state index contributed by atoms with van der Waals surface area (Å²) in [4.78, 5) is 23.6. The van der Waals surface area contributed by atoms with Crippen LogP contribution in [0.15, 0.2) is 54.7 Å². The third kappa shape index (κ3) is 4.56. The largest absolute Gasteiger partial charge is 0.444 e. The lowest BCUT2D eigenvalue weighted by atomic mass is 9.94. The van der Waals surface area contributed by atoms with Gasteiger partial charge in [-0.25, -0.2) is 4.79 Å². The van der Waals surface area contributed by atoms with Gasteiger partial charge in [-0.3, -0.25) is 9.97 Å². The van der Waals surface area contributed by atoms with Gasteiger partial charge in [0.05, 0.1) is 11.2 Å². The molecular formula is C24H27N3O2. The van der Waals surface area contributed by atoms with Crippen LogP contribution in [0.1, 0.15) is 45.2 Å².